The van der Waals surface area contributed by atoms with Crippen LogP contribution >= 0.6 is 0 Å². The Balaban J connectivity index is 1.93. The highest BCUT2D eigenvalue weighted by Crippen LogP contribution is 2.21. The molecule has 0 bridgehead atoms. The number of rotatable bonds is 7. The van der Waals surface area contributed by atoms with E-state index < -0.39 is 21.9 Å². The molecule has 1 fully saturated rings. The van der Waals surface area contributed by atoms with Crippen molar-refractivity contribution in [2.45, 2.75) is 43.9 Å². The van der Waals surface area contributed by atoms with Gasteiger partial charge in [0.2, 0.25) is 10.0 Å². The Kier molecular flexibility index (Phi) is 6.95. The fourth-order valence-electron chi connectivity index (χ4n) is 2.58. The summed E-state index contributed by atoms with van der Waals surface area (Å²) in [7, 11) is -3.48. The van der Waals surface area contributed by atoms with Gasteiger partial charge in [-0.3, -0.25) is 9.59 Å². The van der Waals surface area contributed by atoms with Crippen molar-refractivity contribution in [3.8, 4) is 0 Å². The molecule has 0 spiro atoms. The molecule has 1 amide bonds. The highest BCUT2D eigenvalue weighted by atomic mass is 32.2. The third kappa shape index (κ3) is 5.54. The van der Waals surface area contributed by atoms with Crippen LogP contribution in [0.15, 0.2) is 29.2 Å². The van der Waals surface area contributed by atoms with Gasteiger partial charge in [0.1, 0.15) is 0 Å². The summed E-state index contributed by atoms with van der Waals surface area (Å²) in [5.74, 6) is -0.878. The number of carbonyl (C=O) groups excluding carboxylic acids is 2. The van der Waals surface area contributed by atoms with E-state index in [2.05, 4.69) is 5.32 Å². The first-order chi connectivity index (χ1) is 11.9. The minimum absolute atomic E-state index is 0.210. The minimum atomic E-state index is -3.48. The van der Waals surface area contributed by atoms with Crippen LogP contribution in [0.5, 0.6) is 0 Å². The second-order valence-corrected chi connectivity index (χ2v) is 7.89. The third-order valence-electron chi connectivity index (χ3n) is 3.91. The number of piperidine rings is 1. The number of benzene rings is 1. The molecule has 7 nitrogen and oxygen atoms in total. The van der Waals surface area contributed by atoms with Crippen LogP contribution in [-0.4, -0.2) is 44.3 Å². The number of ether oxygens (including phenoxy) is 1. The summed E-state index contributed by atoms with van der Waals surface area (Å²) < 4.78 is 31.4. The highest BCUT2D eigenvalue weighted by molar-refractivity contribution is 7.89. The maximum Gasteiger partial charge on any atom is 0.306 e. The van der Waals surface area contributed by atoms with Crippen molar-refractivity contribution >= 4 is 27.6 Å². The van der Waals surface area contributed by atoms with Gasteiger partial charge in [0.25, 0.3) is 5.91 Å². The van der Waals surface area contributed by atoms with Gasteiger partial charge in [-0.05, 0) is 43.5 Å². The van der Waals surface area contributed by atoms with E-state index in [0.717, 1.165) is 19.3 Å². The van der Waals surface area contributed by atoms with E-state index >= 15 is 0 Å². The summed E-state index contributed by atoms with van der Waals surface area (Å²) >= 11 is 0. The maximum absolute atomic E-state index is 12.5. The largest absolute Gasteiger partial charge is 0.456 e. The molecule has 1 saturated heterocycles. The Bertz CT molecular complexity index is 694. The van der Waals surface area contributed by atoms with Crippen molar-refractivity contribution in [2.24, 2.45) is 0 Å². The van der Waals surface area contributed by atoms with E-state index in [1.165, 1.54) is 28.6 Å². The zero-order valence-electron chi connectivity index (χ0n) is 14.4. The topological polar surface area (TPSA) is 92.8 Å². The second kappa shape index (κ2) is 8.96. The molecule has 1 aliphatic rings. The fraction of sp³-hybridized carbons (Fsp3) is 0.529. The van der Waals surface area contributed by atoms with E-state index in [9.17, 15) is 18.0 Å². The number of nitrogens with zero attached hydrogens (tertiary/aromatic N) is 1. The van der Waals surface area contributed by atoms with Gasteiger partial charge in [-0.25, -0.2) is 8.42 Å². The van der Waals surface area contributed by atoms with E-state index in [1.54, 1.807) is 0 Å². The van der Waals surface area contributed by atoms with Crippen molar-refractivity contribution in [2.75, 3.05) is 25.0 Å². The molecule has 0 saturated carbocycles. The number of anilines is 1. The van der Waals surface area contributed by atoms with Gasteiger partial charge in [0.15, 0.2) is 6.61 Å². The number of hydrogen-bond donors (Lipinski definition) is 1. The zero-order chi connectivity index (χ0) is 18.3. The van der Waals surface area contributed by atoms with Gasteiger partial charge < -0.3 is 10.1 Å². The normalized spacial score (nSPS) is 15.6. The first kappa shape index (κ1) is 19.4. The predicted molar refractivity (Wildman–Crippen MR) is 93.5 cm³/mol. The van der Waals surface area contributed by atoms with Gasteiger partial charge in [0.05, 0.1) is 4.90 Å². The first-order valence-corrected chi connectivity index (χ1v) is 9.93. The molecular formula is C17H24N2O5S. The Hall–Kier alpha value is -1.93. The molecule has 8 heteroatoms. The van der Waals surface area contributed by atoms with Crippen molar-refractivity contribution < 1.29 is 22.7 Å². The monoisotopic (exact) mass is 368 g/mol. The van der Waals surface area contributed by atoms with Crippen LogP contribution in [0.2, 0.25) is 0 Å². The van der Waals surface area contributed by atoms with Crippen molar-refractivity contribution in [3.05, 3.63) is 24.3 Å². The minimum Gasteiger partial charge on any atom is -0.456 e. The summed E-state index contributed by atoms with van der Waals surface area (Å²) in [5, 5.41) is 2.57. The van der Waals surface area contributed by atoms with Crippen LogP contribution in [0, 0.1) is 0 Å². The number of esters is 1. The molecule has 1 aromatic carbocycles. The molecule has 0 aromatic heterocycles. The quantitative estimate of drug-likeness (QED) is 0.745. The van der Waals surface area contributed by atoms with Gasteiger partial charge in [-0.15, -0.1) is 0 Å². The van der Waals surface area contributed by atoms with Gasteiger partial charge in [-0.2, -0.15) is 4.31 Å². The molecule has 138 valence electrons. The second-order valence-electron chi connectivity index (χ2n) is 5.95. The predicted octanol–water partition coefficient (Wildman–Crippen LogP) is 2.14. The van der Waals surface area contributed by atoms with Gasteiger partial charge in [-0.1, -0.05) is 13.3 Å². The Morgan fingerprint density at radius 1 is 1.12 bits per heavy atom. The summed E-state index contributed by atoms with van der Waals surface area (Å²) in [6.45, 7) is 2.58. The lowest BCUT2D eigenvalue weighted by atomic mass is 10.2. The number of sulfonamides is 1. The molecule has 2 rings (SSSR count). The zero-order valence-corrected chi connectivity index (χ0v) is 15.2. The van der Waals surface area contributed by atoms with Crippen LogP contribution in [0.1, 0.15) is 39.0 Å². The van der Waals surface area contributed by atoms with Crippen LogP contribution in [-0.2, 0) is 24.3 Å². The maximum atomic E-state index is 12.5. The molecule has 1 aliphatic heterocycles. The number of hydrogen-bond acceptors (Lipinski definition) is 5. The molecule has 1 aromatic rings. The molecule has 0 aliphatic carbocycles. The molecule has 0 atom stereocenters. The Morgan fingerprint density at radius 2 is 1.76 bits per heavy atom. The van der Waals surface area contributed by atoms with Crippen molar-refractivity contribution in [3.63, 3.8) is 0 Å². The van der Waals surface area contributed by atoms with Crippen molar-refractivity contribution in [1.82, 2.24) is 4.31 Å². The van der Waals surface area contributed by atoms with E-state index in [1.807, 2.05) is 6.92 Å². The average Bonchev–Trinajstić information content (AvgIpc) is 2.61. The molecule has 1 N–H and O–H groups in total. The molecule has 0 radical (unpaired) electrons. The van der Waals surface area contributed by atoms with E-state index in [0.29, 0.717) is 25.2 Å². The fourth-order valence-corrected chi connectivity index (χ4v) is 4.10. The SMILES string of the molecule is CCCC(=O)OCC(=O)Nc1ccc(S(=O)(=O)N2CCCCC2)cc1. The van der Waals surface area contributed by atoms with Crippen LogP contribution in [0.4, 0.5) is 5.69 Å². The lowest BCUT2D eigenvalue weighted by molar-refractivity contribution is -0.147. The standard InChI is InChI=1S/C17H24N2O5S/c1-2-6-17(21)24-13-16(20)18-14-7-9-15(10-8-14)25(22,23)19-11-4-3-5-12-19/h7-10H,2-6,11-13H2,1H3,(H,18,20). The van der Waals surface area contributed by atoms with Crippen molar-refractivity contribution in [1.29, 1.82) is 0 Å². The average molecular weight is 368 g/mol. The molecule has 1 heterocycles. The third-order valence-corrected chi connectivity index (χ3v) is 5.82. The smallest absolute Gasteiger partial charge is 0.306 e. The Labute approximate surface area is 148 Å². The first-order valence-electron chi connectivity index (χ1n) is 8.49. The number of nitrogens with one attached hydrogen (secondary N) is 1. The summed E-state index contributed by atoms with van der Waals surface area (Å²) in [6.07, 6.45) is 3.75. The number of amides is 1. The van der Waals surface area contributed by atoms with Gasteiger partial charge >= 0.3 is 5.97 Å². The van der Waals surface area contributed by atoms with E-state index in [4.69, 9.17) is 4.74 Å². The lowest BCUT2D eigenvalue weighted by Gasteiger charge is -2.25. The summed E-state index contributed by atoms with van der Waals surface area (Å²) in [6, 6.07) is 6.01. The molecule has 25 heavy (non-hydrogen) atoms. The lowest BCUT2D eigenvalue weighted by Crippen LogP contribution is -2.35. The Morgan fingerprint density at radius 3 is 2.36 bits per heavy atom. The summed E-state index contributed by atoms with van der Waals surface area (Å²) in [5.41, 5.74) is 0.453. The van der Waals surface area contributed by atoms with Crippen LogP contribution in [0.25, 0.3) is 0 Å². The van der Waals surface area contributed by atoms with E-state index in [-0.39, 0.29) is 17.9 Å². The van der Waals surface area contributed by atoms with Gasteiger partial charge in [0, 0.05) is 25.2 Å². The number of carbonyl (C=O) groups is 2. The highest BCUT2D eigenvalue weighted by Gasteiger charge is 2.25. The van der Waals surface area contributed by atoms with Crippen LogP contribution in [0.3, 0.4) is 0 Å². The van der Waals surface area contributed by atoms with Crippen LogP contribution < -0.4 is 5.32 Å². The molecule has 0 unspecified atom stereocenters. The molecular weight excluding hydrogens is 344 g/mol. The summed E-state index contributed by atoms with van der Waals surface area (Å²) in [4.78, 5) is 23.2.